The lowest BCUT2D eigenvalue weighted by atomic mass is 10.0. The first kappa shape index (κ1) is 23.2. The van der Waals surface area contributed by atoms with Crippen LogP contribution in [0.2, 0.25) is 0 Å². The van der Waals surface area contributed by atoms with E-state index in [-0.39, 0.29) is 18.7 Å². The van der Waals surface area contributed by atoms with Gasteiger partial charge in [0.05, 0.1) is 13.7 Å². The Hall–Kier alpha value is -3.13. The zero-order valence-electron chi connectivity index (χ0n) is 17.4. The summed E-state index contributed by atoms with van der Waals surface area (Å²) in [5.74, 6) is -1.03. The summed E-state index contributed by atoms with van der Waals surface area (Å²) in [7, 11) is 1.22. The van der Waals surface area contributed by atoms with Crippen LogP contribution in [0.15, 0.2) is 48.5 Å². The summed E-state index contributed by atoms with van der Waals surface area (Å²) >= 11 is 0. The minimum absolute atomic E-state index is 0.0746. The average Bonchev–Trinajstić information content (AvgIpc) is 2.65. The van der Waals surface area contributed by atoms with Gasteiger partial charge in [-0.1, -0.05) is 24.3 Å². The van der Waals surface area contributed by atoms with E-state index in [1.807, 2.05) is 0 Å². The summed E-state index contributed by atoms with van der Waals surface area (Å²) in [5.41, 5.74) is 0.373. The van der Waals surface area contributed by atoms with E-state index in [0.717, 1.165) is 5.06 Å². The van der Waals surface area contributed by atoms with Crippen LogP contribution in [0.1, 0.15) is 31.9 Å². The van der Waals surface area contributed by atoms with Crippen LogP contribution in [0.4, 0.5) is 9.18 Å². The van der Waals surface area contributed by atoms with Gasteiger partial charge in [-0.2, -0.15) is 0 Å². The maximum Gasteiger partial charge on any atom is 0.528 e. The monoisotopic (exact) mass is 419 g/mol. The fourth-order valence-electron chi connectivity index (χ4n) is 2.68. The van der Waals surface area contributed by atoms with E-state index < -0.39 is 29.6 Å². The predicted molar refractivity (Wildman–Crippen MR) is 107 cm³/mol. The Balaban J connectivity index is 2.33. The number of hydroxylamine groups is 2. The Morgan fingerprint density at radius 2 is 1.77 bits per heavy atom. The molecule has 0 fully saturated rings. The second kappa shape index (κ2) is 10.1. The van der Waals surface area contributed by atoms with Crippen molar-refractivity contribution in [2.75, 3.05) is 7.11 Å². The molecule has 30 heavy (non-hydrogen) atoms. The predicted octanol–water partition coefficient (Wildman–Crippen LogP) is 3.98. The number of halogens is 1. The topological polar surface area (TPSA) is 85.3 Å². The van der Waals surface area contributed by atoms with Crippen molar-refractivity contribution in [1.82, 2.24) is 5.06 Å². The first-order valence-electron chi connectivity index (χ1n) is 9.35. The van der Waals surface area contributed by atoms with E-state index in [2.05, 4.69) is 0 Å². The molecule has 0 radical (unpaired) electrons. The number of carbonyl (C=O) groups is 2. The number of ether oxygens (including phenoxy) is 2. The fraction of sp³-hybridized carbons (Fsp3) is 0.364. The van der Waals surface area contributed by atoms with Crippen molar-refractivity contribution < 1.29 is 33.4 Å². The van der Waals surface area contributed by atoms with E-state index in [9.17, 15) is 19.1 Å². The highest BCUT2D eigenvalue weighted by molar-refractivity contribution is 5.76. The number of carbonyl (C=O) groups excluding carboxylic acids is 2. The molecular formula is C22H26FNO6. The van der Waals surface area contributed by atoms with E-state index >= 15 is 0 Å². The molecule has 0 heterocycles. The van der Waals surface area contributed by atoms with E-state index in [0.29, 0.717) is 11.1 Å². The van der Waals surface area contributed by atoms with Gasteiger partial charge < -0.3 is 19.4 Å². The molecule has 0 unspecified atom stereocenters. The van der Waals surface area contributed by atoms with Crippen molar-refractivity contribution >= 4 is 12.1 Å². The lowest BCUT2D eigenvalue weighted by Crippen LogP contribution is -2.45. The van der Waals surface area contributed by atoms with Gasteiger partial charge in [0.1, 0.15) is 23.2 Å². The number of aromatic hydroxyl groups is 1. The van der Waals surface area contributed by atoms with Crippen molar-refractivity contribution in [3.8, 4) is 5.75 Å². The molecule has 2 aromatic carbocycles. The van der Waals surface area contributed by atoms with Gasteiger partial charge in [-0.25, -0.2) is 9.18 Å². The molecule has 2 rings (SSSR count). The van der Waals surface area contributed by atoms with Crippen LogP contribution in [0, 0.1) is 5.82 Å². The van der Waals surface area contributed by atoms with Crippen molar-refractivity contribution in [1.29, 1.82) is 0 Å². The van der Waals surface area contributed by atoms with Crippen molar-refractivity contribution in [3.63, 3.8) is 0 Å². The van der Waals surface area contributed by atoms with E-state index in [1.54, 1.807) is 39.0 Å². The van der Waals surface area contributed by atoms with Crippen LogP contribution in [0.25, 0.3) is 0 Å². The number of phenolic OH excluding ortho intramolecular Hbond substituents is 1. The number of esters is 1. The minimum Gasteiger partial charge on any atom is -0.508 e. The number of nitrogens with zero attached hydrogens (tertiary/aromatic N) is 1. The number of hydrogen-bond donors (Lipinski definition) is 1. The smallest absolute Gasteiger partial charge is 0.508 e. The maximum absolute atomic E-state index is 13.6. The zero-order chi connectivity index (χ0) is 22.3. The van der Waals surface area contributed by atoms with Crippen molar-refractivity contribution in [3.05, 3.63) is 65.5 Å². The summed E-state index contributed by atoms with van der Waals surface area (Å²) in [6.07, 6.45) is -0.885. The number of methoxy groups -OCH3 is 1. The molecule has 0 bridgehead atoms. The molecule has 0 saturated carbocycles. The first-order valence-corrected chi connectivity index (χ1v) is 9.35. The molecule has 162 valence electrons. The molecule has 0 aliphatic rings. The first-order chi connectivity index (χ1) is 14.1. The lowest BCUT2D eigenvalue weighted by molar-refractivity contribution is -0.190. The van der Waals surface area contributed by atoms with Crippen LogP contribution >= 0.6 is 0 Å². The van der Waals surface area contributed by atoms with E-state index in [1.165, 1.54) is 37.4 Å². The van der Waals surface area contributed by atoms with Crippen LogP contribution in [0.3, 0.4) is 0 Å². The quantitative estimate of drug-likeness (QED) is 0.537. The molecule has 2 aromatic rings. The average molecular weight is 419 g/mol. The molecule has 7 nitrogen and oxygen atoms in total. The number of benzene rings is 2. The van der Waals surface area contributed by atoms with Crippen molar-refractivity contribution in [2.45, 2.75) is 45.4 Å². The number of rotatable bonds is 7. The minimum atomic E-state index is -1.03. The highest BCUT2D eigenvalue weighted by atomic mass is 19.1. The summed E-state index contributed by atoms with van der Waals surface area (Å²) < 4.78 is 23.7. The second-order valence-corrected chi connectivity index (χ2v) is 7.67. The van der Waals surface area contributed by atoms with Gasteiger partial charge in [-0.3, -0.25) is 4.79 Å². The normalized spacial score (nSPS) is 12.3. The number of phenols is 1. The van der Waals surface area contributed by atoms with Crippen LogP contribution < -0.4 is 0 Å². The summed E-state index contributed by atoms with van der Waals surface area (Å²) in [6.45, 7) is 4.97. The Kier molecular flexibility index (Phi) is 7.77. The molecule has 0 spiro atoms. The Morgan fingerprint density at radius 3 is 2.33 bits per heavy atom. The van der Waals surface area contributed by atoms with Gasteiger partial charge >= 0.3 is 12.1 Å². The third-order valence-electron chi connectivity index (χ3n) is 4.00. The molecule has 1 atom stereocenters. The third-order valence-corrected chi connectivity index (χ3v) is 4.00. The summed E-state index contributed by atoms with van der Waals surface area (Å²) in [6, 6.07) is 10.9. The van der Waals surface area contributed by atoms with Crippen LogP contribution in [-0.2, 0) is 32.1 Å². The van der Waals surface area contributed by atoms with Gasteiger partial charge in [-0.15, -0.1) is 5.06 Å². The molecule has 0 aliphatic carbocycles. The van der Waals surface area contributed by atoms with Gasteiger partial charge in [0.15, 0.2) is 0 Å². The van der Waals surface area contributed by atoms with Gasteiger partial charge in [0.25, 0.3) is 0 Å². The molecule has 1 N–H and O–H groups in total. The van der Waals surface area contributed by atoms with E-state index in [4.69, 9.17) is 14.3 Å². The molecule has 8 heteroatoms. The molecule has 0 aliphatic heterocycles. The standard InChI is InChI=1S/C22H26FNO6/c1-22(2,3)29-21(27)30-24(14-16-6-5-7-17(23)12-16)19(20(26)28-4)13-15-8-10-18(25)11-9-15/h5-12,19,25H,13-14H2,1-4H3/t19-/m0/s1. The van der Waals surface area contributed by atoms with Crippen molar-refractivity contribution in [2.24, 2.45) is 0 Å². The zero-order valence-corrected chi connectivity index (χ0v) is 17.4. The third kappa shape index (κ3) is 7.36. The molecule has 0 saturated heterocycles. The Labute approximate surface area is 174 Å². The van der Waals surface area contributed by atoms with Crippen LogP contribution in [0.5, 0.6) is 5.75 Å². The summed E-state index contributed by atoms with van der Waals surface area (Å²) in [5, 5.41) is 10.6. The van der Waals surface area contributed by atoms with Gasteiger partial charge in [-0.05, 0) is 56.2 Å². The highest BCUT2D eigenvalue weighted by Gasteiger charge is 2.32. The Morgan fingerprint density at radius 1 is 1.10 bits per heavy atom. The summed E-state index contributed by atoms with van der Waals surface area (Å²) in [4.78, 5) is 30.2. The molecule has 0 amide bonds. The Bertz CT molecular complexity index is 863. The van der Waals surface area contributed by atoms with Crippen LogP contribution in [-0.4, -0.2) is 41.0 Å². The largest absolute Gasteiger partial charge is 0.528 e. The second-order valence-electron chi connectivity index (χ2n) is 7.67. The molecule has 0 aromatic heterocycles. The van der Waals surface area contributed by atoms with Gasteiger partial charge in [0, 0.05) is 6.42 Å². The van der Waals surface area contributed by atoms with Gasteiger partial charge in [0.2, 0.25) is 0 Å². The fourth-order valence-corrected chi connectivity index (χ4v) is 2.68. The number of hydrogen-bond acceptors (Lipinski definition) is 7. The lowest BCUT2D eigenvalue weighted by Gasteiger charge is -2.29. The SMILES string of the molecule is COC(=O)[C@H](Cc1ccc(O)cc1)N(Cc1cccc(F)c1)OC(=O)OC(C)(C)C. The highest BCUT2D eigenvalue weighted by Crippen LogP contribution is 2.19. The molecular weight excluding hydrogens is 393 g/mol. The maximum atomic E-state index is 13.6.